The van der Waals surface area contributed by atoms with E-state index in [0.717, 1.165) is 16.3 Å². The monoisotopic (exact) mass is 338 g/mol. The number of aromatic nitrogens is 1. The quantitative estimate of drug-likeness (QED) is 0.721. The normalized spacial score (nSPS) is 12.0. The molecule has 0 aliphatic carbocycles. The molecule has 1 amide bonds. The molecule has 0 saturated heterocycles. The van der Waals surface area contributed by atoms with E-state index in [2.05, 4.69) is 10.3 Å². The minimum Gasteiger partial charge on any atom is -0.481 e. The maximum Gasteiger partial charge on any atom is 0.308 e. The molecule has 25 heavy (non-hydrogen) atoms. The number of carbonyl (C=O) groups is 2. The predicted molar refractivity (Wildman–Crippen MR) is 92.4 cm³/mol. The number of oxazole rings is 1. The van der Waals surface area contributed by atoms with Crippen LogP contribution in [0.3, 0.4) is 0 Å². The summed E-state index contributed by atoms with van der Waals surface area (Å²) >= 11 is 0. The highest BCUT2D eigenvalue weighted by molar-refractivity contribution is 5.93. The minimum atomic E-state index is -0.953. The average molecular weight is 338 g/mol. The Bertz CT molecular complexity index is 916. The van der Waals surface area contributed by atoms with Gasteiger partial charge in [-0.2, -0.15) is 0 Å². The average Bonchev–Trinajstić information content (AvgIpc) is 3.04. The van der Waals surface area contributed by atoms with E-state index in [0.29, 0.717) is 12.2 Å². The van der Waals surface area contributed by atoms with Gasteiger partial charge in [0.25, 0.3) is 5.91 Å². The second-order valence-corrected chi connectivity index (χ2v) is 5.89. The number of fused-ring (bicyclic) bond motifs is 1. The summed E-state index contributed by atoms with van der Waals surface area (Å²) in [7, 11) is 0. The fourth-order valence-corrected chi connectivity index (χ4v) is 2.72. The zero-order chi connectivity index (χ0) is 17.8. The van der Waals surface area contributed by atoms with E-state index in [1.807, 2.05) is 42.5 Å². The molecule has 0 unspecified atom stereocenters. The molecule has 1 heterocycles. The van der Waals surface area contributed by atoms with Crippen LogP contribution in [0.1, 0.15) is 21.8 Å². The number of carboxylic acid groups (broad SMARTS) is 1. The Morgan fingerprint density at radius 2 is 1.96 bits per heavy atom. The number of rotatable bonds is 6. The van der Waals surface area contributed by atoms with Gasteiger partial charge in [-0.25, -0.2) is 4.98 Å². The Balaban J connectivity index is 1.69. The Morgan fingerprint density at radius 1 is 1.20 bits per heavy atom. The lowest BCUT2D eigenvalue weighted by atomic mass is 9.97. The van der Waals surface area contributed by atoms with Gasteiger partial charge < -0.3 is 14.8 Å². The Kier molecular flexibility index (Phi) is 4.79. The fourth-order valence-electron chi connectivity index (χ4n) is 2.72. The number of aliphatic carboxylic acids is 1. The summed E-state index contributed by atoms with van der Waals surface area (Å²) in [4.78, 5) is 27.4. The molecule has 0 fully saturated rings. The number of carbonyl (C=O) groups excluding carboxylic acids is 1. The number of amides is 1. The van der Waals surface area contributed by atoms with E-state index in [9.17, 15) is 14.7 Å². The summed E-state index contributed by atoms with van der Waals surface area (Å²) in [6.07, 6.45) is 1.52. The number of aryl methyl sites for hydroxylation is 1. The molecule has 0 spiro atoms. The van der Waals surface area contributed by atoms with Crippen molar-refractivity contribution in [3.8, 4) is 0 Å². The minimum absolute atomic E-state index is 0.0211. The van der Waals surface area contributed by atoms with E-state index < -0.39 is 17.8 Å². The molecule has 3 rings (SSSR count). The van der Waals surface area contributed by atoms with Crippen molar-refractivity contribution in [1.82, 2.24) is 10.3 Å². The topological polar surface area (TPSA) is 92.4 Å². The van der Waals surface area contributed by atoms with E-state index in [-0.39, 0.29) is 12.2 Å². The molecule has 2 aromatic carbocycles. The van der Waals surface area contributed by atoms with Crippen molar-refractivity contribution in [2.45, 2.75) is 13.3 Å². The third kappa shape index (κ3) is 3.85. The molecular formula is C19H18N2O4. The highest BCUT2D eigenvalue weighted by Crippen LogP contribution is 2.18. The largest absolute Gasteiger partial charge is 0.481 e. The molecule has 0 bridgehead atoms. The standard InChI is InChI=1S/C19H18N2O4/c1-12-17(21-11-25-12)18(22)20-10-16(19(23)24)9-13-6-7-14-4-2-3-5-15(14)8-13/h2-8,11,16H,9-10H2,1H3,(H,20,22)(H,23,24)/t16-/m1/s1. The molecule has 0 saturated carbocycles. The predicted octanol–water partition coefficient (Wildman–Crippen LogP) is 2.81. The van der Waals surface area contributed by atoms with Gasteiger partial charge in [0, 0.05) is 6.54 Å². The van der Waals surface area contributed by atoms with Crippen LogP contribution in [0.2, 0.25) is 0 Å². The molecule has 2 N–H and O–H groups in total. The van der Waals surface area contributed by atoms with Crippen LogP contribution in [0, 0.1) is 12.8 Å². The first kappa shape index (κ1) is 16.7. The lowest BCUT2D eigenvalue weighted by molar-refractivity contribution is -0.141. The van der Waals surface area contributed by atoms with Gasteiger partial charge in [0.05, 0.1) is 5.92 Å². The maximum absolute atomic E-state index is 12.1. The van der Waals surface area contributed by atoms with Crippen LogP contribution >= 0.6 is 0 Å². The highest BCUT2D eigenvalue weighted by Gasteiger charge is 2.21. The van der Waals surface area contributed by atoms with Gasteiger partial charge in [-0.3, -0.25) is 9.59 Å². The van der Waals surface area contributed by atoms with Crippen LogP contribution in [0.4, 0.5) is 0 Å². The Morgan fingerprint density at radius 3 is 2.64 bits per heavy atom. The summed E-state index contributed by atoms with van der Waals surface area (Å²) in [5, 5.41) is 14.2. The summed E-state index contributed by atoms with van der Waals surface area (Å²) in [6, 6.07) is 13.8. The SMILES string of the molecule is Cc1ocnc1C(=O)NC[C@@H](Cc1ccc2ccccc2c1)C(=O)O. The first-order valence-electron chi connectivity index (χ1n) is 7.93. The van der Waals surface area contributed by atoms with E-state index >= 15 is 0 Å². The van der Waals surface area contributed by atoms with Crippen molar-refractivity contribution in [2.75, 3.05) is 6.54 Å². The molecule has 0 aliphatic heterocycles. The van der Waals surface area contributed by atoms with Gasteiger partial charge >= 0.3 is 5.97 Å². The molecule has 6 nitrogen and oxygen atoms in total. The molecule has 3 aromatic rings. The lowest BCUT2D eigenvalue weighted by Gasteiger charge is -2.13. The molecule has 128 valence electrons. The summed E-state index contributed by atoms with van der Waals surface area (Å²) in [5.74, 6) is -1.71. The number of hydrogen-bond acceptors (Lipinski definition) is 4. The maximum atomic E-state index is 12.1. The van der Waals surface area contributed by atoms with Crippen molar-refractivity contribution < 1.29 is 19.1 Å². The third-order valence-electron chi connectivity index (χ3n) is 4.11. The van der Waals surface area contributed by atoms with Crippen LogP contribution in [0.15, 0.2) is 53.3 Å². The first-order chi connectivity index (χ1) is 12.0. The van der Waals surface area contributed by atoms with E-state index in [1.54, 1.807) is 6.92 Å². The summed E-state index contributed by atoms with van der Waals surface area (Å²) < 4.78 is 4.99. The number of hydrogen-bond donors (Lipinski definition) is 2. The highest BCUT2D eigenvalue weighted by atomic mass is 16.4. The van der Waals surface area contributed by atoms with Gasteiger partial charge in [-0.1, -0.05) is 42.5 Å². The van der Waals surface area contributed by atoms with Gasteiger partial charge in [-0.05, 0) is 29.7 Å². The number of benzene rings is 2. The van der Waals surface area contributed by atoms with Crippen LogP contribution < -0.4 is 5.32 Å². The zero-order valence-electron chi connectivity index (χ0n) is 13.7. The van der Waals surface area contributed by atoms with E-state index in [4.69, 9.17) is 4.42 Å². The van der Waals surface area contributed by atoms with Gasteiger partial charge in [0.2, 0.25) is 0 Å². The zero-order valence-corrected chi connectivity index (χ0v) is 13.7. The van der Waals surface area contributed by atoms with Gasteiger partial charge in [0.1, 0.15) is 5.76 Å². The number of nitrogens with one attached hydrogen (secondary N) is 1. The third-order valence-corrected chi connectivity index (χ3v) is 4.11. The Hall–Kier alpha value is -3.15. The van der Waals surface area contributed by atoms with Crippen molar-refractivity contribution in [2.24, 2.45) is 5.92 Å². The molecular weight excluding hydrogens is 320 g/mol. The molecule has 0 radical (unpaired) electrons. The van der Waals surface area contributed by atoms with Gasteiger partial charge in [-0.15, -0.1) is 0 Å². The molecule has 1 aromatic heterocycles. The smallest absolute Gasteiger partial charge is 0.308 e. The number of carboxylic acids is 1. The first-order valence-corrected chi connectivity index (χ1v) is 7.93. The van der Waals surface area contributed by atoms with Gasteiger partial charge in [0.15, 0.2) is 12.1 Å². The number of nitrogens with zero attached hydrogens (tertiary/aromatic N) is 1. The Labute approximate surface area is 144 Å². The molecule has 6 heteroatoms. The van der Waals surface area contributed by atoms with Crippen molar-refractivity contribution in [3.05, 3.63) is 65.9 Å². The van der Waals surface area contributed by atoms with E-state index in [1.165, 1.54) is 6.39 Å². The van der Waals surface area contributed by atoms with Crippen LogP contribution in [-0.2, 0) is 11.2 Å². The van der Waals surface area contributed by atoms with Crippen molar-refractivity contribution in [3.63, 3.8) is 0 Å². The molecule has 1 atom stereocenters. The van der Waals surface area contributed by atoms with Crippen molar-refractivity contribution >= 4 is 22.6 Å². The van der Waals surface area contributed by atoms with Crippen LogP contribution in [0.5, 0.6) is 0 Å². The summed E-state index contributed by atoms with van der Waals surface area (Å²) in [5.41, 5.74) is 1.09. The second kappa shape index (κ2) is 7.17. The lowest BCUT2D eigenvalue weighted by Crippen LogP contribution is -2.34. The van der Waals surface area contributed by atoms with Crippen LogP contribution in [-0.4, -0.2) is 28.5 Å². The summed E-state index contributed by atoms with van der Waals surface area (Å²) in [6.45, 7) is 1.65. The van der Waals surface area contributed by atoms with Crippen molar-refractivity contribution in [1.29, 1.82) is 0 Å². The fraction of sp³-hybridized carbons (Fsp3) is 0.211. The molecule has 0 aliphatic rings. The second-order valence-electron chi connectivity index (χ2n) is 5.89. The van der Waals surface area contributed by atoms with Crippen LogP contribution in [0.25, 0.3) is 10.8 Å².